The fraction of sp³-hybridized carbons (Fsp3) is 0.333. The van der Waals surface area contributed by atoms with Crippen LogP contribution in [0.15, 0.2) is 77.7 Å². The molecular formula is C27H27F3O5S2. The molecule has 1 aliphatic rings. The van der Waals surface area contributed by atoms with Gasteiger partial charge in [-0.25, -0.2) is 0 Å². The predicted molar refractivity (Wildman–Crippen MR) is 136 cm³/mol. The van der Waals surface area contributed by atoms with Crippen molar-refractivity contribution in [3.63, 3.8) is 0 Å². The first-order valence-electron chi connectivity index (χ1n) is 11.7. The summed E-state index contributed by atoms with van der Waals surface area (Å²) < 4.78 is 79.9. The molecule has 3 aromatic rings. The molecule has 0 saturated carbocycles. The summed E-state index contributed by atoms with van der Waals surface area (Å²) in [6.45, 7) is -0.0598. The van der Waals surface area contributed by atoms with Crippen molar-refractivity contribution in [1.82, 2.24) is 0 Å². The second kappa shape index (κ2) is 11.9. The van der Waals surface area contributed by atoms with E-state index in [0.717, 1.165) is 41.7 Å². The van der Waals surface area contributed by atoms with Gasteiger partial charge in [-0.2, -0.15) is 33.4 Å². The summed E-state index contributed by atoms with van der Waals surface area (Å²) in [6.07, 6.45) is -3.79. The zero-order valence-corrected chi connectivity index (χ0v) is 21.7. The second-order valence-electron chi connectivity index (χ2n) is 8.54. The van der Waals surface area contributed by atoms with E-state index in [2.05, 4.69) is 18.2 Å². The maximum Gasteiger partial charge on any atom is 0.416 e. The number of halogens is 3. The van der Waals surface area contributed by atoms with Crippen molar-refractivity contribution in [2.45, 2.75) is 28.7 Å². The Balaban J connectivity index is 1.39. The van der Waals surface area contributed by atoms with Gasteiger partial charge in [0.2, 0.25) is 0 Å². The van der Waals surface area contributed by atoms with Gasteiger partial charge in [0.1, 0.15) is 5.75 Å². The molecular weight excluding hydrogens is 525 g/mol. The summed E-state index contributed by atoms with van der Waals surface area (Å²) in [5.74, 6) is 1.97. The number of thioether (sulfide) groups is 1. The predicted octanol–water partition coefficient (Wildman–Crippen LogP) is 6.25. The van der Waals surface area contributed by atoms with Crippen LogP contribution in [0.2, 0.25) is 0 Å². The molecule has 0 aromatic heterocycles. The average Bonchev–Trinajstić information content (AvgIpc) is 3.08. The van der Waals surface area contributed by atoms with Crippen LogP contribution in [0.25, 0.3) is 0 Å². The van der Waals surface area contributed by atoms with Gasteiger partial charge in [0, 0.05) is 11.3 Å². The summed E-state index contributed by atoms with van der Waals surface area (Å²) in [5, 5.41) is -0.0417. The molecule has 0 aliphatic carbocycles. The second-order valence-corrected chi connectivity index (χ2v) is 11.4. The molecule has 1 aliphatic heterocycles. The summed E-state index contributed by atoms with van der Waals surface area (Å²) in [6, 6.07) is 19.8. The number of hydrogen-bond donors (Lipinski definition) is 0. The highest BCUT2D eigenvalue weighted by Crippen LogP contribution is 2.44. The number of alkyl halides is 3. The molecule has 3 aromatic carbocycles. The van der Waals surface area contributed by atoms with E-state index < -0.39 is 26.8 Å². The fourth-order valence-corrected chi connectivity index (χ4v) is 6.65. The van der Waals surface area contributed by atoms with Crippen LogP contribution in [0.5, 0.6) is 5.75 Å². The number of fused-ring (bicyclic) bond motifs is 1. The van der Waals surface area contributed by atoms with Crippen LogP contribution >= 0.6 is 11.8 Å². The Bertz CT molecular complexity index is 1300. The van der Waals surface area contributed by atoms with Gasteiger partial charge in [-0.1, -0.05) is 48.5 Å². The van der Waals surface area contributed by atoms with Gasteiger partial charge >= 0.3 is 6.18 Å². The average molecular weight is 553 g/mol. The van der Waals surface area contributed by atoms with E-state index in [4.69, 9.17) is 13.7 Å². The number of methoxy groups -OCH3 is 1. The molecule has 198 valence electrons. The Hall–Kier alpha value is -2.53. The van der Waals surface area contributed by atoms with Gasteiger partial charge in [-0.05, 0) is 47.7 Å². The minimum absolute atomic E-state index is 0.0398. The summed E-state index contributed by atoms with van der Waals surface area (Å²) >= 11 is 1.75. The smallest absolute Gasteiger partial charge is 0.416 e. The maximum absolute atomic E-state index is 12.9. The largest absolute Gasteiger partial charge is 0.496 e. The van der Waals surface area contributed by atoms with Crippen molar-refractivity contribution in [2.75, 3.05) is 32.7 Å². The molecule has 0 bridgehead atoms. The first-order valence-corrected chi connectivity index (χ1v) is 14.1. The normalized spacial score (nSPS) is 18.2. The molecule has 0 N–H and O–H groups in total. The molecule has 2 unspecified atom stereocenters. The molecule has 2 atom stereocenters. The minimum atomic E-state index is -4.65. The Morgan fingerprint density at radius 1 is 0.973 bits per heavy atom. The molecule has 1 heterocycles. The van der Waals surface area contributed by atoms with Crippen molar-refractivity contribution in [3.05, 3.63) is 95.1 Å². The Labute approximate surface area is 219 Å². The van der Waals surface area contributed by atoms with E-state index in [9.17, 15) is 21.6 Å². The lowest BCUT2D eigenvalue weighted by Gasteiger charge is -2.20. The van der Waals surface area contributed by atoms with E-state index in [1.165, 1.54) is 11.1 Å². The molecule has 0 radical (unpaired) electrons. The lowest BCUT2D eigenvalue weighted by Crippen LogP contribution is -2.15. The van der Waals surface area contributed by atoms with Gasteiger partial charge in [-0.3, -0.25) is 4.18 Å². The van der Waals surface area contributed by atoms with Gasteiger partial charge in [0.15, 0.2) is 0 Å². The van der Waals surface area contributed by atoms with Crippen LogP contribution in [0.4, 0.5) is 13.2 Å². The lowest BCUT2D eigenvalue weighted by atomic mass is 9.90. The Morgan fingerprint density at radius 3 is 2.46 bits per heavy atom. The van der Waals surface area contributed by atoms with Crippen molar-refractivity contribution in [1.29, 1.82) is 0 Å². The van der Waals surface area contributed by atoms with Crippen molar-refractivity contribution >= 4 is 21.9 Å². The first-order chi connectivity index (χ1) is 17.7. The summed E-state index contributed by atoms with van der Waals surface area (Å²) in [7, 11) is -2.73. The third kappa shape index (κ3) is 6.87. The zero-order valence-electron chi connectivity index (χ0n) is 20.1. The number of benzene rings is 3. The van der Waals surface area contributed by atoms with Crippen LogP contribution in [0.1, 0.15) is 33.4 Å². The van der Waals surface area contributed by atoms with Crippen molar-refractivity contribution in [2.24, 2.45) is 0 Å². The number of hydrogen-bond acceptors (Lipinski definition) is 6. The third-order valence-corrected chi connectivity index (χ3v) is 8.80. The van der Waals surface area contributed by atoms with E-state index >= 15 is 0 Å². The SMILES string of the molecule is COc1cccc2c1C(COCCOS(=O)(=O)c1cccc(C(F)(F)F)c1)SCC(c1ccccc1)C2. The number of ether oxygens (including phenoxy) is 2. The highest BCUT2D eigenvalue weighted by Gasteiger charge is 2.32. The van der Waals surface area contributed by atoms with Gasteiger partial charge in [-0.15, -0.1) is 0 Å². The third-order valence-electron chi connectivity index (χ3n) is 6.12. The molecule has 0 saturated heterocycles. The fourth-order valence-electron chi connectivity index (χ4n) is 4.31. The molecule has 37 heavy (non-hydrogen) atoms. The molecule has 10 heteroatoms. The van der Waals surface area contributed by atoms with Crippen LogP contribution in [-0.2, 0) is 31.6 Å². The summed E-state index contributed by atoms with van der Waals surface area (Å²) in [4.78, 5) is -0.549. The topological polar surface area (TPSA) is 61.8 Å². The quantitative estimate of drug-likeness (QED) is 0.231. The van der Waals surface area contributed by atoms with Crippen LogP contribution in [0, 0.1) is 0 Å². The summed E-state index contributed by atoms with van der Waals surface area (Å²) in [5.41, 5.74) is 2.44. The molecule has 0 spiro atoms. The standard InChI is InChI=1S/C27H27F3O5S2/c1-33-24-12-5-9-20-15-21(19-7-3-2-4-8-19)18-36-25(26(20)24)17-34-13-14-35-37(31,32)23-11-6-10-22(16-23)27(28,29)30/h2-12,16,21,25H,13-15,17-18H2,1H3. The van der Waals surface area contributed by atoms with Crippen molar-refractivity contribution < 1.29 is 35.2 Å². The molecule has 0 amide bonds. The van der Waals surface area contributed by atoms with E-state index in [0.29, 0.717) is 18.6 Å². The van der Waals surface area contributed by atoms with Crippen molar-refractivity contribution in [3.8, 4) is 5.75 Å². The van der Waals surface area contributed by atoms with Crippen LogP contribution in [0.3, 0.4) is 0 Å². The number of rotatable bonds is 9. The van der Waals surface area contributed by atoms with Gasteiger partial charge < -0.3 is 9.47 Å². The first kappa shape index (κ1) is 27.5. The van der Waals surface area contributed by atoms with E-state index in [1.807, 2.05) is 30.3 Å². The lowest BCUT2D eigenvalue weighted by molar-refractivity contribution is -0.137. The Morgan fingerprint density at radius 2 is 1.73 bits per heavy atom. The highest BCUT2D eigenvalue weighted by molar-refractivity contribution is 7.99. The van der Waals surface area contributed by atoms with E-state index in [1.54, 1.807) is 18.9 Å². The molecule has 4 rings (SSSR count). The highest BCUT2D eigenvalue weighted by atomic mass is 32.2. The van der Waals surface area contributed by atoms with Crippen LogP contribution < -0.4 is 4.74 Å². The monoisotopic (exact) mass is 552 g/mol. The minimum Gasteiger partial charge on any atom is -0.496 e. The maximum atomic E-state index is 12.9. The zero-order chi connectivity index (χ0) is 26.5. The van der Waals surface area contributed by atoms with Gasteiger partial charge in [0.05, 0.1) is 42.6 Å². The molecule has 5 nitrogen and oxygen atoms in total. The van der Waals surface area contributed by atoms with Crippen LogP contribution in [-0.4, -0.2) is 41.1 Å². The van der Waals surface area contributed by atoms with E-state index in [-0.39, 0.29) is 18.5 Å². The Kier molecular flexibility index (Phi) is 8.84. The molecule has 0 fully saturated rings. The van der Waals surface area contributed by atoms with Gasteiger partial charge in [0.25, 0.3) is 10.1 Å².